The van der Waals surface area contributed by atoms with Gasteiger partial charge in [0.15, 0.2) is 32.4 Å². The van der Waals surface area contributed by atoms with Gasteiger partial charge in [-0.15, -0.1) is 0 Å². The Labute approximate surface area is 155 Å². The van der Waals surface area contributed by atoms with Gasteiger partial charge in [-0.05, 0) is 31.4 Å². The predicted octanol–water partition coefficient (Wildman–Crippen LogP) is 4.15. The van der Waals surface area contributed by atoms with Gasteiger partial charge >= 0.3 is 0 Å². The van der Waals surface area contributed by atoms with Gasteiger partial charge in [-0.3, -0.25) is 4.57 Å². The summed E-state index contributed by atoms with van der Waals surface area (Å²) in [5, 5.41) is 2.83. The second-order valence-corrected chi connectivity index (χ2v) is 6.68. The highest BCUT2D eigenvalue weighted by Gasteiger charge is 2.21. The maximum atomic E-state index is 14.0. The number of benzene rings is 1. The lowest BCUT2D eigenvalue weighted by Crippen LogP contribution is -2.18. The second kappa shape index (κ2) is 6.79. The van der Waals surface area contributed by atoms with E-state index < -0.39 is 11.6 Å². The first-order valence-corrected chi connectivity index (χ1v) is 8.94. The average molecular weight is 457 g/mol. The molecule has 1 aromatic carbocycles. The van der Waals surface area contributed by atoms with Crippen LogP contribution in [0.15, 0.2) is 24.5 Å². The molecule has 3 aromatic rings. The zero-order valence-corrected chi connectivity index (χ0v) is 15.2. The molecule has 130 valence electrons. The van der Waals surface area contributed by atoms with Crippen LogP contribution < -0.4 is 5.32 Å². The molecule has 1 atom stereocenters. The van der Waals surface area contributed by atoms with Gasteiger partial charge in [0.2, 0.25) is 0 Å². The third-order valence-electron chi connectivity index (χ3n) is 4.06. The first kappa shape index (κ1) is 16.6. The molecule has 0 aliphatic carbocycles. The summed E-state index contributed by atoms with van der Waals surface area (Å²) in [5.74, 6) is -1.56. The zero-order chi connectivity index (χ0) is 17.4. The molecular weight excluding hydrogens is 443 g/mol. The van der Waals surface area contributed by atoms with Crippen molar-refractivity contribution < 1.29 is 13.5 Å². The Hall–Kier alpha value is -1.88. The minimum absolute atomic E-state index is 0.000679. The van der Waals surface area contributed by atoms with Crippen molar-refractivity contribution in [2.24, 2.45) is 0 Å². The summed E-state index contributed by atoms with van der Waals surface area (Å²) in [6, 6.07) is 3.94. The van der Waals surface area contributed by atoms with Crippen LogP contribution in [0.1, 0.15) is 25.5 Å². The molecule has 1 fully saturated rings. The van der Waals surface area contributed by atoms with Crippen LogP contribution >= 0.6 is 22.6 Å². The van der Waals surface area contributed by atoms with Gasteiger partial charge in [-0.25, -0.2) is 23.7 Å². The largest absolute Gasteiger partial charge is 0.358 e. The van der Waals surface area contributed by atoms with Crippen LogP contribution in [-0.2, 0) is 4.74 Å². The fourth-order valence-electron chi connectivity index (χ4n) is 2.86. The minimum atomic E-state index is -0.959. The molecule has 2 aromatic heterocycles. The van der Waals surface area contributed by atoms with Crippen LogP contribution in [0.2, 0.25) is 0 Å². The van der Waals surface area contributed by atoms with Crippen molar-refractivity contribution in [3.63, 3.8) is 0 Å². The number of fused-ring (bicyclic) bond motifs is 1. The zero-order valence-electron chi connectivity index (χ0n) is 13.0. The van der Waals surface area contributed by atoms with E-state index in [4.69, 9.17) is 4.74 Å². The van der Waals surface area contributed by atoms with Crippen LogP contribution in [-0.4, -0.2) is 26.1 Å². The van der Waals surface area contributed by atoms with E-state index in [-0.39, 0.29) is 11.9 Å². The number of nitrogens with zero attached hydrogens (tertiary/aromatic N) is 4. The number of rotatable bonds is 3. The average Bonchev–Trinajstić information content (AvgIpc) is 3.03. The molecule has 3 heterocycles. The molecule has 4 rings (SSSR count). The summed E-state index contributed by atoms with van der Waals surface area (Å²) in [4.78, 5) is 13.1. The van der Waals surface area contributed by atoms with Gasteiger partial charge in [0.1, 0.15) is 6.23 Å². The van der Waals surface area contributed by atoms with E-state index in [0.29, 0.717) is 27.4 Å². The summed E-state index contributed by atoms with van der Waals surface area (Å²) in [5.41, 5.74) is 1.09. The molecule has 1 saturated heterocycles. The third kappa shape index (κ3) is 3.17. The molecular formula is C16H14F2IN5O. The van der Waals surface area contributed by atoms with Gasteiger partial charge in [-0.1, -0.05) is 6.07 Å². The number of hydrogen-bond donors (Lipinski definition) is 1. The number of aromatic nitrogens is 4. The van der Waals surface area contributed by atoms with Crippen LogP contribution in [0.5, 0.6) is 0 Å². The van der Waals surface area contributed by atoms with Gasteiger partial charge in [0.05, 0.1) is 12.0 Å². The lowest BCUT2D eigenvalue weighted by molar-refractivity contribution is -0.0298. The van der Waals surface area contributed by atoms with Gasteiger partial charge in [0, 0.05) is 29.2 Å². The number of hydrogen-bond acceptors (Lipinski definition) is 5. The number of anilines is 2. The first-order valence-electron chi connectivity index (χ1n) is 7.86. The van der Waals surface area contributed by atoms with Crippen molar-refractivity contribution in [3.8, 4) is 0 Å². The maximum absolute atomic E-state index is 14.0. The predicted molar refractivity (Wildman–Crippen MR) is 96.5 cm³/mol. The first-order chi connectivity index (χ1) is 12.1. The smallest absolute Gasteiger partial charge is 0.194 e. The lowest BCUT2D eigenvalue weighted by Gasteiger charge is -2.23. The van der Waals surface area contributed by atoms with Crippen LogP contribution in [0, 0.1) is 15.5 Å². The van der Waals surface area contributed by atoms with Crippen LogP contribution in [0.25, 0.3) is 11.2 Å². The van der Waals surface area contributed by atoms with Gasteiger partial charge in [-0.2, -0.15) is 0 Å². The Morgan fingerprint density at radius 2 is 2.12 bits per heavy atom. The van der Waals surface area contributed by atoms with Crippen LogP contribution in [0.3, 0.4) is 0 Å². The van der Waals surface area contributed by atoms with E-state index in [1.165, 1.54) is 12.1 Å². The van der Waals surface area contributed by atoms with Crippen molar-refractivity contribution in [1.29, 1.82) is 0 Å². The Morgan fingerprint density at radius 3 is 2.92 bits per heavy atom. The lowest BCUT2D eigenvalue weighted by atomic mass is 10.2. The molecule has 0 amide bonds. The van der Waals surface area contributed by atoms with Crippen molar-refractivity contribution in [1.82, 2.24) is 19.5 Å². The Morgan fingerprint density at radius 1 is 1.24 bits per heavy atom. The van der Waals surface area contributed by atoms with Gasteiger partial charge < -0.3 is 10.1 Å². The Bertz CT molecular complexity index is 926. The fourth-order valence-corrected chi connectivity index (χ4v) is 3.33. The molecule has 1 N–H and O–H groups in total. The molecule has 1 aliphatic rings. The maximum Gasteiger partial charge on any atom is 0.194 e. The highest BCUT2D eigenvalue weighted by atomic mass is 127. The molecule has 6 nitrogen and oxygen atoms in total. The van der Waals surface area contributed by atoms with E-state index in [2.05, 4.69) is 20.3 Å². The molecule has 0 bridgehead atoms. The van der Waals surface area contributed by atoms with Crippen molar-refractivity contribution in [2.45, 2.75) is 25.5 Å². The van der Waals surface area contributed by atoms with E-state index >= 15 is 0 Å². The van der Waals surface area contributed by atoms with E-state index in [1.54, 1.807) is 6.33 Å². The molecule has 9 heteroatoms. The number of nitrogens with one attached hydrogen (secondary N) is 1. The molecule has 1 unspecified atom stereocenters. The summed E-state index contributed by atoms with van der Waals surface area (Å²) < 4.78 is 35.5. The van der Waals surface area contributed by atoms with E-state index in [0.717, 1.165) is 25.3 Å². The standard InChI is InChI=1S/C16H14F2IN5O/c17-9-4-3-5-10(12(9)18)21-14-13-15(23-16(19)22-14)24(8-20-13)11-6-1-2-7-25-11/h3-5,8,11H,1-2,6-7H2,(H,21,22,23). The van der Waals surface area contributed by atoms with Crippen molar-refractivity contribution >= 4 is 45.3 Å². The van der Waals surface area contributed by atoms with Crippen molar-refractivity contribution in [3.05, 3.63) is 40.0 Å². The quantitative estimate of drug-likeness (QED) is 0.473. The highest BCUT2D eigenvalue weighted by Crippen LogP contribution is 2.30. The Kier molecular flexibility index (Phi) is 4.50. The van der Waals surface area contributed by atoms with Gasteiger partial charge in [0.25, 0.3) is 0 Å². The molecule has 1 aliphatic heterocycles. The summed E-state index contributed by atoms with van der Waals surface area (Å²) in [7, 11) is 0. The SMILES string of the molecule is Fc1cccc(Nc2nc(I)nc3c2ncn3C2CCCCO2)c1F. The molecule has 0 radical (unpaired) electrons. The minimum Gasteiger partial charge on any atom is -0.358 e. The second-order valence-electron chi connectivity index (χ2n) is 5.71. The molecule has 25 heavy (non-hydrogen) atoms. The summed E-state index contributed by atoms with van der Waals surface area (Å²) >= 11 is 1.98. The normalized spacial score (nSPS) is 17.8. The topological polar surface area (TPSA) is 64.9 Å². The fraction of sp³-hybridized carbons (Fsp3) is 0.312. The molecule has 0 saturated carbocycles. The van der Waals surface area contributed by atoms with E-state index in [1.807, 2.05) is 27.2 Å². The highest BCUT2D eigenvalue weighted by molar-refractivity contribution is 14.1. The van der Waals surface area contributed by atoms with E-state index in [9.17, 15) is 8.78 Å². The summed E-state index contributed by atoms with van der Waals surface area (Å²) in [6.45, 7) is 0.701. The monoisotopic (exact) mass is 457 g/mol. The number of imidazole rings is 1. The summed E-state index contributed by atoms with van der Waals surface area (Å²) in [6.07, 6.45) is 4.53. The number of ether oxygens (including phenoxy) is 1. The molecule has 0 spiro atoms. The van der Waals surface area contributed by atoms with Crippen molar-refractivity contribution in [2.75, 3.05) is 11.9 Å². The van der Waals surface area contributed by atoms with Crippen LogP contribution in [0.4, 0.5) is 20.3 Å². The third-order valence-corrected chi connectivity index (χ3v) is 4.55. The Balaban J connectivity index is 1.77. The number of halogens is 3.